The van der Waals surface area contributed by atoms with E-state index in [0.29, 0.717) is 5.56 Å². The van der Waals surface area contributed by atoms with Gasteiger partial charge in [0.2, 0.25) is 0 Å². The Labute approximate surface area is 119 Å². The van der Waals surface area contributed by atoms with Gasteiger partial charge in [0.1, 0.15) is 0 Å². The van der Waals surface area contributed by atoms with E-state index >= 15 is 0 Å². The summed E-state index contributed by atoms with van der Waals surface area (Å²) in [6.07, 6.45) is 1.77. The number of aromatic amines is 1. The van der Waals surface area contributed by atoms with Crippen LogP contribution in [0.3, 0.4) is 0 Å². The Morgan fingerprint density at radius 3 is 2.30 bits per heavy atom. The van der Waals surface area contributed by atoms with Crippen molar-refractivity contribution < 1.29 is 4.79 Å². The molecule has 1 amide bonds. The number of carbonyl (C=O) groups excluding carboxylic acids is 1. The summed E-state index contributed by atoms with van der Waals surface area (Å²) in [6.45, 7) is 8.11. The fraction of sp³-hybridized carbons (Fsp3) is 0.312. The predicted molar refractivity (Wildman–Crippen MR) is 83.5 cm³/mol. The van der Waals surface area contributed by atoms with Crippen molar-refractivity contribution in [1.29, 1.82) is 0 Å². The first-order valence-electron chi connectivity index (χ1n) is 6.96. The number of nitrogens with zero attached hydrogens (tertiary/aromatic N) is 1. The van der Waals surface area contributed by atoms with Crippen LogP contribution in [0.25, 0.3) is 0 Å². The van der Waals surface area contributed by atoms with E-state index in [1.165, 1.54) is 5.69 Å². The van der Waals surface area contributed by atoms with Crippen molar-refractivity contribution in [3.63, 3.8) is 0 Å². The molecule has 0 fully saturated rings. The number of amides is 1. The Balaban J connectivity index is 2.08. The first-order chi connectivity index (χ1) is 9.65. The monoisotopic (exact) mass is 271 g/mol. The van der Waals surface area contributed by atoms with E-state index in [-0.39, 0.29) is 5.91 Å². The highest BCUT2D eigenvalue weighted by molar-refractivity contribution is 6.05. The van der Waals surface area contributed by atoms with Crippen LogP contribution >= 0.6 is 0 Å². The Morgan fingerprint density at radius 2 is 1.80 bits per heavy atom. The van der Waals surface area contributed by atoms with Gasteiger partial charge in [-0.1, -0.05) is 0 Å². The molecule has 0 unspecified atom stereocenters. The summed E-state index contributed by atoms with van der Waals surface area (Å²) in [6, 6.07) is 9.73. The molecule has 0 saturated heterocycles. The van der Waals surface area contributed by atoms with Gasteiger partial charge in [-0.15, -0.1) is 0 Å². The lowest BCUT2D eigenvalue weighted by molar-refractivity contribution is 0.102. The van der Waals surface area contributed by atoms with Gasteiger partial charge in [0, 0.05) is 36.4 Å². The highest BCUT2D eigenvalue weighted by Crippen LogP contribution is 2.18. The van der Waals surface area contributed by atoms with Crippen molar-refractivity contribution in [2.75, 3.05) is 23.3 Å². The van der Waals surface area contributed by atoms with Gasteiger partial charge in [-0.25, -0.2) is 0 Å². The second-order valence-corrected chi connectivity index (χ2v) is 4.69. The third-order valence-electron chi connectivity index (χ3n) is 3.45. The van der Waals surface area contributed by atoms with Gasteiger partial charge in [0.15, 0.2) is 0 Å². The summed E-state index contributed by atoms with van der Waals surface area (Å²) in [4.78, 5) is 17.4. The molecule has 0 aliphatic rings. The molecule has 2 N–H and O–H groups in total. The van der Waals surface area contributed by atoms with Gasteiger partial charge in [-0.05, 0) is 51.1 Å². The summed E-state index contributed by atoms with van der Waals surface area (Å²) in [5, 5.41) is 2.91. The van der Waals surface area contributed by atoms with Crippen molar-refractivity contribution in [2.45, 2.75) is 20.8 Å². The van der Waals surface area contributed by atoms with E-state index in [1.807, 2.05) is 31.2 Å². The minimum Gasteiger partial charge on any atom is -0.372 e. The van der Waals surface area contributed by atoms with E-state index in [4.69, 9.17) is 0 Å². The molecule has 0 aliphatic heterocycles. The zero-order chi connectivity index (χ0) is 14.5. The second kappa shape index (κ2) is 6.28. The average Bonchev–Trinajstić information content (AvgIpc) is 2.88. The molecule has 0 radical (unpaired) electrons. The Hall–Kier alpha value is -2.23. The molecule has 2 aromatic rings. The highest BCUT2D eigenvalue weighted by atomic mass is 16.1. The third kappa shape index (κ3) is 3.02. The molecule has 4 heteroatoms. The van der Waals surface area contributed by atoms with Crippen molar-refractivity contribution in [3.05, 3.63) is 47.8 Å². The first kappa shape index (κ1) is 14.2. The fourth-order valence-corrected chi connectivity index (χ4v) is 2.24. The average molecular weight is 271 g/mol. The summed E-state index contributed by atoms with van der Waals surface area (Å²) < 4.78 is 0. The van der Waals surface area contributed by atoms with Crippen molar-refractivity contribution in [1.82, 2.24) is 4.98 Å². The third-order valence-corrected chi connectivity index (χ3v) is 3.45. The standard InChI is InChI=1S/C16H21N3O/c1-4-19(5-2)14-8-6-13(7-9-14)18-16(20)15-10-11-17-12(15)3/h6-11,17H,4-5H2,1-3H3,(H,18,20). The Morgan fingerprint density at radius 1 is 1.15 bits per heavy atom. The lowest BCUT2D eigenvalue weighted by atomic mass is 10.2. The number of hydrogen-bond donors (Lipinski definition) is 2. The number of aromatic nitrogens is 1. The molecule has 0 spiro atoms. The molecule has 106 valence electrons. The zero-order valence-corrected chi connectivity index (χ0v) is 12.2. The van der Waals surface area contributed by atoms with Crippen LogP contribution < -0.4 is 10.2 Å². The van der Waals surface area contributed by atoms with Crippen LogP contribution in [0, 0.1) is 6.92 Å². The molecular formula is C16H21N3O. The number of benzene rings is 1. The largest absolute Gasteiger partial charge is 0.372 e. The number of H-pyrrole nitrogens is 1. The van der Waals surface area contributed by atoms with Gasteiger partial charge in [-0.2, -0.15) is 0 Å². The summed E-state index contributed by atoms with van der Waals surface area (Å²) in [7, 11) is 0. The number of hydrogen-bond acceptors (Lipinski definition) is 2. The van der Waals surface area contributed by atoms with E-state index in [1.54, 1.807) is 12.3 Å². The molecule has 1 heterocycles. The predicted octanol–water partition coefficient (Wildman–Crippen LogP) is 3.42. The quantitative estimate of drug-likeness (QED) is 0.875. The summed E-state index contributed by atoms with van der Waals surface area (Å²) in [5.74, 6) is -0.0839. The van der Waals surface area contributed by atoms with Gasteiger partial charge in [0.25, 0.3) is 5.91 Å². The number of carbonyl (C=O) groups is 1. The normalized spacial score (nSPS) is 10.3. The van der Waals surface area contributed by atoms with Gasteiger partial charge < -0.3 is 15.2 Å². The smallest absolute Gasteiger partial charge is 0.257 e. The van der Waals surface area contributed by atoms with E-state index in [2.05, 4.69) is 29.0 Å². The minimum absolute atomic E-state index is 0.0839. The zero-order valence-electron chi connectivity index (χ0n) is 12.2. The lowest BCUT2D eigenvalue weighted by Gasteiger charge is -2.21. The van der Waals surface area contributed by atoms with E-state index < -0.39 is 0 Å². The van der Waals surface area contributed by atoms with Crippen LogP contribution in [0.5, 0.6) is 0 Å². The molecule has 0 bridgehead atoms. The van der Waals surface area contributed by atoms with E-state index in [0.717, 1.165) is 24.5 Å². The van der Waals surface area contributed by atoms with Crippen molar-refractivity contribution in [2.24, 2.45) is 0 Å². The number of anilines is 2. The molecule has 2 rings (SSSR count). The molecule has 0 saturated carbocycles. The van der Waals surface area contributed by atoms with Crippen LogP contribution in [0.2, 0.25) is 0 Å². The number of rotatable bonds is 5. The maximum atomic E-state index is 12.1. The molecular weight excluding hydrogens is 250 g/mol. The summed E-state index contributed by atoms with van der Waals surface area (Å²) in [5.41, 5.74) is 3.54. The maximum absolute atomic E-state index is 12.1. The Kier molecular flexibility index (Phi) is 4.45. The fourth-order valence-electron chi connectivity index (χ4n) is 2.24. The van der Waals surface area contributed by atoms with Gasteiger partial charge in [0.05, 0.1) is 5.56 Å². The SMILES string of the molecule is CCN(CC)c1ccc(NC(=O)c2cc[nH]c2C)cc1. The first-order valence-corrected chi connectivity index (χ1v) is 6.96. The van der Waals surface area contributed by atoms with Crippen molar-refractivity contribution in [3.8, 4) is 0 Å². The molecule has 4 nitrogen and oxygen atoms in total. The van der Waals surface area contributed by atoms with Crippen molar-refractivity contribution >= 4 is 17.3 Å². The van der Waals surface area contributed by atoms with E-state index in [9.17, 15) is 4.79 Å². The van der Waals surface area contributed by atoms with Crippen LogP contribution in [0.4, 0.5) is 11.4 Å². The van der Waals surface area contributed by atoms with Gasteiger partial charge in [-0.3, -0.25) is 4.79 Å². The maximum Gasteiger partial charge on any atom is 0.257 e. The van der Waals surface area contributed by atoms with Crippen LogP contribution in [0.15, 0.2) is 36.5 Å². The van der Waals surface area contributed by atoms with Crippen LogP contribution in [-0.2, 0) is 0 Å². The molecule has 1 aromatic carbocycles. The molecule has 1 aromatic heterocycles. The summed E-state index contributed by atoms with van der Waals surface area (Å²) >= 11 is 0. The van der Waals surface area contributed by atoms with Crippen LogP contribution in [0.1, 0.15) is 29.9 Å². The van der Waals surface area contributed by atoms with Crippen LogP contribution in [-0.4, -0.2) is 24.0 Å². The number of nitrogens with one attached hydrogen (secondary N) is 2. The number of aryl methyl sites for hydroxylation is 1. The lowest BCUT2D eigenvalue weighted by Crippen LogP contribution is -2.21. The highest BCUT2D eigenvalue weighted by Gasteiger charge is 2.10. The molecule has 0 aliphatic carbocycles. The topological polar surface area (TPSA) is 48.1 Å². The Bertz CT molecular complexity index is 568. The second-order valence-electron chi connectivity index (χ2n) is 4.69. The molecule has 0 atom stereocenters. The molecule has 20 heavy (non-hydrogen) atoms. The minimum atomic E-state index is -0.0839. The van der Waals surface area contributed by atoms with Gasteiger partial charge >= 0.3 is 0 Å².